The Kier molecular flexibility index (Phi) is 3.17. The Bertz CT molecular complexity index is 839. The Morgan fingerprint density at radius 1 is 1.24 bits per heavy atom. The van der Waals surface area contributed by atoms with Crippen LogP contribution in [0.25, 0.3) is 16.8 Å². The zero-order valence-electron chi connectivity index (χ0n) is 11.7. The van der Waals surface area contributed by atoms with Crippen molar-refractivity contribution in [2.75, 3.05) is 5.32 Å². The van der Waals surface area contributed by atoms with E-state index in [1.165, 1.54) is 13.0 Å². The van der Waals surface area contributed by atoms with E-state index in [1.807, 2.05) is 28.8 Å². The van der Waals surface area contributed by atoms with Crippen LogP contribution in [-0.2, 0) is 4.79 Å². The first-order chi connectivity index (χ1) is 10.0. The molecule has 1 amide bonds. The molecule has 0 bridgehead atoms. The number of amides is 1. The summed E-state index contributed by atoms with van der Waals surface area (Å²) in [5.41, 5.74) is 3.06. The van der Waals surface area contributed by atoms with Crippen LogP contribution in [0.4, 0.5) is 10.2 Å². The van der Waals surface area contributed by atoms with Crippen LogP contribution in [0.5, 0.6) is 0 Å². The van der Waals surface area contributed by atoms with Crippen molar-refractivity contribution in [2.24, 2.45) is 0 Å². The molecule has 21 heavy (non-hydrogen) atoms. The predicted molar refractivity (Wildman–Crippen MR) is 79.6 cm³/mol. The molecular formula is C16H14FN3O. The third-order valence-electron chi connectivity index (χ3n) is 3.33. The number of nitrogens with one attached hydrogen (secondary N) is 1. The van der Waals surface area contributed by atoms with Gasteiger partial charge in [0.25, 0.3) is 0 Å². The summed E-state index contributed by atoms with van der Waals surface area (Å²) in [6.07, 6.45) is 3.60. The van der Waals surface area contributed by atoms with Crippen LogP contribution in [0.1, 0.15) is 12.5 Å². The van der Waals surface area contributed by atoms with E-state index in [9.17, 15) is 9.18 Å². The summed E-state index contributed by atoms with van der Waals surface area (Å²) in [5.74, 6) is 0.104. The van der Waals surface area contributed by atoms with Gasteiger partial charge in [-0.2, -0.15) is 0 Å². The number of carbonyl (C=O) groups is 1. The van der Waals surface area contributed by atoms with Gasteiger partial charge in [-0.3, -0.25) is 4.79 Å². The smallest absolute Gasteiger partial charge is 0.222 e. The fourth-order valence-electron chi connectivity index (χ4n) is 2.31. The van der Waals surface area contributed by atoms with Crippen molar-refractivity contribution in [1.29, 1.82) is 0 Å². The van der Waals surface area contributed by atoms with E-state index in [0.29, 0.717) is 11.4 Å². The maximum atomic E-state index is 13.7. The summed E-state index contributed by atoms with van der Waals surface area (Å²) < 4.78 is 15.5. The molecule has 1 N–H and O–H groups in total. The third kappa shape index (κ3) is 2.50. The van der Waals surface area contributed by atoms with E-state index in [4.69, 9.17) is 0 Å². The van der Waals surface area contributed by atoms with Crippen molar-refractivity contribution in [3.8, 4) is 11.1 Å². The first-order valence-corrected chi connectivity index (χ1v) is 6.56. The van der Waals surface area contributed by atoms with E-state index in [-0.39, 0.29) is 11.7 Å². The standard InChI is InChI=1S/C16H14FN3O/c1-10-13(4-3-5-14(10)17)12-6-7-16-19-15(18-11(2)21)9-20(16)8-12/h3-9H,1-2H3,(H,18,21). The molecule has 0 radical (unpaired) electrons. The molecule has 0 aliphatic carbocycles. The lowest BCUT2D eigenvalue weighted by Crippen LogP contribution is -2.05. The van der Waals surface area contributed by atoms with Crippen LogP contribution in [0.15, 0.2) is 42.7 Å². The van der Waals surface area contributed by atoms with Gasteiger partial charge in [-0.15, -0.1) is 0 Å². The van der Waals surface area contributed by atoms with Crippen LogP contribution >= 0.6 is 0 Å². The van der Waals surface area contributed by atoms with E-state index < -0.39 is 0 Å². The molecule has 2 heterocycles. The molecule has 4 nitrogen and oxygen atoms in total. The van der Waals surface area contributed by atoms with Crippen molar-refractivity contribution < 1.29 is 9.18 Å². The number of benzene rings is 1. The molecule has 3 rings (SSSR count). The van der Waals surface area contributed by atoms with E-state index >= 15 is 0 Å². The van der Waals surface area contributed by atoms with Crippen LogP contribution in [-0.4, -0.2) is 15.3 Å². The minimum Gasteiger partial charge on any atom is -0.310 e. The highest BCUT2D eigenvalue weighted by molar-refractivity contribution is 5.87. The largest absolute Gasteiger partial charge is 0.310 e. The first kappa shape index (κ1) is 13.3. The fraction of sp³-hybridized carbons (Fsp3) is 0.125. The topological polar surface area (TPSA) is 46.4 Å². The molecule has 0 unspecified atom stereocenters. The highest BCUT2D eigenvalue weighted by Gasteiger charge is 2.08. The number of imidazole rings is 1. The van der Waals surface area contributed by atoms with Gasteiger partial charge in [0, 0.05) is 13.1 Å². The number of aromatic nitrogens is 2. The van der Waals surface area contributed by atoms with Gasteiger partial charge in [-0.05, 0) is 41.8 Å². The second-order valence-corrected chi connectivity index (χ2v) is 4.90. The number of fused-ring (bicyclic) bond motifs is 1. The Hall–Kier alpha value is -2.69. The molecule has 2 aromatic heterocycles. The lowest BCUT2D eigenvalue weighted by atomic mass is 10.0. The minimum absolute atomic E-state index is 0.167. The monoisotopic (exact) mass is 283 g/mol. The summed E-state index contributed by atoms with van der Waals surface area (Å²) in [4.78, 5) is 15.3. The van der Waals surface area contributed by atoms with Crippen LogP contribution in [0.2, 0.25) is 0 Å². The number of anilines is 1. The lowest BCUT2D eigenvalue weighted by Gasteiger charge is -2.07. The third-order valence-corrected chi connectivity index (χ3v) is 3.33. The van der Waals surface area contributed by atoms with Gasteiger partial charge in [0.1, 0.15) is 11.5 Å². The van der Waals surface area contributed by atoms with Gasteiger partial charge in [0.2, 0.25) is 5.91 Å². The Balaban J connectivity index is 2.08. The number of carbonyl (C=O) groups excluding carboxylic acids is 1. The van der Waals surface area contributed by atoms with Crippen molar-refractivity contribution in [3.63, 3.8) is 0 Å². The van der Waals surface area contributed by atoms with Crippen molar-refractivity contribution >= 4 is 17.4 Å². The average molecular weight is 283 g/mol. The molecule has 0 fully saturated rings. The van der Waals surface area contributed by atoms with Gasteiger partial charge in [-0.1, -0.05) is 12.1 Å². The van der Waals surface area contributed by atoms with Gasteiger partial charge < -0.3 is 9.72 Å². The van der Waals surface area contributed by atoms with Crippen molar-refractivity contribution in [3.05, 3.63) is 54.1 Å². The van der Waals surface area contributed by atoms with E-state index in [2.05, 4.69) is 10.3 Å². The Morgan fingerprint density at radius 2 is 2.05 bits per heavy atom. The lowest BCUT2D eigenvalue weighted by molar-refractivity contribution is -0.114. The van der Waals surface area contributed by atoms with E-state index in [0.717, 1.165) is 16.8 Å². The SMILES string of the molecule is CC(=O)Nc1cn2cc(-c3cccc(F)c3C)ccc2n1. The number of hydrogen-bond donors (Lipinski definition) is 1. The number of rotatable bonds is 2. The number of hydrogen-bond acceptors (Lipinski definition) is 2. The first-order valence-electron chi connectivity index (χ1n) is 6.56. The molecule has 0 atom stereocenters. The maximum Gasteiger partial charge on any atom is 0.222 e. The molecule has 0 saturated heterocycles. The molecule has 0 spiro atoms. The van der Waals surface area contributed by atoms with Crippen molar-refractivity contribution in [1.82, 2.24) is 9.38 Å². The molecule has 0 saturated carbocycles. The maximum absolute atomic E-state index is 13.7. The Morgan fingerprint density at radius 3 is 2.81 bits per heavy atom. The summed E-state index contributed by atoms with van der Waals surface area (Å²) in [7, 11) is 0. The van der Waals surface area contributed by atoms with Gasteiger partial charge in [-0.25, -0.2) is 9.37 Å². The summed E-state index contributed by atoms with van der Waals surface area (Å²) in [6.45, 7) is 3.19. The average Bonchev–Trinajstić information content (AvgIpc) is 2.82. The molecule has 5 heteroatoms. The molecule has 0 aliphatic heterocycles. The fourth-order valence-corrected chi connectivity index (χ4v) is 2.31. The summed E-state index contributed by atoms with van der Waals surface area (Å²) in [6, 6.07) is 8.75. The van der Waals surface area contributed by atoms with Crippen molar-refractivity contribution in [2.45, 2.75) is 13.8 Å². The van der Waals surface area contributed by atoms with Crippen LogP contribution < -0.4 is 5.32 Å². The zero-order chi connectivity index (χ0) is 15.0. The zero-order valence-corrected chi connectivity index (χ0v) is 11.7. The van der Waals surface area contributed by atoms with Gasteiger partial charge in [0.15, 0.2) is 5.82 Å². The predicted octanol–water partition coefficient (Wildman–Crippen LogP) is 3.41. The van der Waals surface area contributed by atoms with Gasteiger partial charge in [0.05, 0.1) is 6.20 Å². The quantitative estimate of drug-likeness (QED) is 0.783. The molecule has 106 valence electrons. The minimum atomic E-state index is -0.225. The highest BCUT2D eigenvalue weighted by atomic mass is 19.1. The summed E-state index contributed by atoms with van der Waals surface area (Å²) in [5, 5.41) is 2.64. The molecule has 1 aromatic carbocycles. The molecule has 3 aromatic rings. The normalized spacial score (nSPS) is 10.8. The second-order valence-electron chi connectivity index (χ2n) is 4.90. The van der Waals surface area contributed by atoms with Crippen LogP contribution in [0, 0.1) is 12.7 Å². The molecule has 0 aliphatic rings. The summed E-state index contributed by atoms with van der Waals surface area (Å²) >= 11 is 0. The second kappa shape index (κ2) is 5.01. The Labute approximate surface area is 121 Å². The van der Waals surface area contributed by atoms with Crippen LogP contribution in [0.3, 0.4) is 0 Å². The number of halogens is 1. The van der Waals surface area contributed by atoms with Gasteiger partial charge >= 0.3 is 0 Å². The highest BCUT2D eigenvalue weighted by Crippen LogP contribution is 2.25. The van der Waals surface area contributed by atoms with E-state index in [1.54, 1.807) is 19.2 Å². The molecular weight excluding hydrogens is 269 g/mol. The number of nitrogens with zero attached hydrogens (tertiary/aromatic N) is 2. The number of pyridine rings is 1.